The van der Waals surface area contributed by atoms with Gasteiger partial charge in [0.25, 0.3) is 0 Å². The maximum absolute atomic E-state index is 13.2. The highest BCUT2D eigenvalue weighted by Crippen LogP contribution is 2.09. The number of unbranched alkanes of at least 4 members (excludes halogenated alkanes) is 1. The molecule has 0 bridgehead atoms. The molecule has 0 aliphatic rings. The Hall–Kier alpha value is -1.45. The lowest BCUT2D eigenvalue weighted by Gasteiger charge is -2.05. The molecule has 0 saturated heterocycles. The third-order valence-electron chi connectivity index (χ3n) is 2.25. The summed E-state index contributed by atoms with van der Waals surface area (Å²) in [5.41, 5.74) is 0.297. The van der Waals surface area contributed by atoms with Gasteiger partial charge in [-0.15, -0.1) is 0 Å². The molecular formula is C12H15F2NO. The van der Waals surface area contributed by atoms with Crippen molar-refractivity contribution in [1.29, 1.82) is 0 Å². The molecule has 0 fully saturated rings. The number of hydrogen-bond donors (Lipinski definition) is 1. The minimum Gasteiger partial charge on any atom is -0.352 e. The summed E-state index contributed by atoms with van der Waals surface area (Å²) in [6.45, 7) is 2.10. The number of rotatable bonds is 5. The molecule has 1 aromatic rings. The SMILES string of the molecule is CCCCC(=O)NCc1ccc(F)cc1F. The number of carbonyl (C=O) groups excluding carboxylic acids is 1. The highest BCUT2D eigenvalue weighted by Gasteiger charge is 2.05. The first-order valence-corrected chi connectivity index (χ1v) is 5.34. The van der Waals surface area contributed by atoms with Crippen LogP contribution < -0.4 is 5.32 Å². The molecule has 2 nitrogen and oxygen atoms in total. The zero-order chi connectivity index (χ0) is 12.0. The number of benzene rings is 1. The maximum Gasteiger partial charge on any atom is 0.220 e. The molecule has 4 heteroatoms. The van der Waals surface area contributed by atoms with Gasteiger partial charge in [0, 0.05) is 24.6 Å². The van der Waals surface area contributed by atoms with Crippen molar-refractivity contribution in [1.82, 2.24) is 5.32 Å². The van der Waals surface area contributed by atoms with Gasteiger partial charge in [0.1, 0.15) is 11.6 Å². The van der Waals surface area contributed by atoms with Crippen LogP contribution in [-0.2, 0) is 11.3 Å². The quantitative estimate of drug-likeness (QED) is 0.823. The minimum absolute atomic E-state index is 0.106. The van der Waals surface area contributed by atoms with Crippen molar-refractivity contribution >= 4 is 5.91 Å². The van der Waals surface area contributed by atoms with Gasteiger partial charge in [0.05, 0.1) is 0 Å². The average molecular weight is 227 g/mol. The standard InChI is InChI=1S/C12H15F2NO/c1-2-3-4-12(16)15-8-9-5-6-10(13)7-11(9)14/h5-7H,2-4,8H2,1H3,(H,15,16). The first kappa shape index (κ1) is 12.6. The van der Waals surface area contributed by atoms with E-state index in [9.17, 15) is 13.6 Å². The van der Waals surface area contributed by atoms with Crippen molar-refractivity contribution in [3.63, 3.8) is 0 Å². The Morgan fingerprint density at radius 2 is 2.12 bits per heavy atom. The molecule has 1 amide bonds. The third-order valence-corrected chi connectivity index (χ3v) is 2.25. The Bertz CT molecular complexity index is 366. The summed E-state index contributed by atoms with van der Waals surface area (Å²) in [6, 6.07) is 3.33. The smallest absolute Gasteiger partial charge is 0.220 e. The van der Waals surface area contributed by atoms with Crippen molar-refractivity contribution in [2.45, 2.75) is 32.7 Å². The predicted octanol–water partition coefficient (Wildman–Crippen LogP) is 2.77. The molecule has 88 valence electrons. The number of nitrogens with one attached hydrogen (secondary N) is 1. The van der Waals surface area contributed by atoms with Gasteiger partial charge in [-0.25, -0.2) is 8.78 Å². The number of halogens is 2. The summed E-state index contributed by atoms with van der Waals surface area (Å²) in [6.07, 6.45) is 2.20. The van der Waals surface area contributed by atoms with Gasteiger partial charge in [-0.05, 0) is 12.5 Å². The van der Waals surface area contributed by atoms with E-state index >= 15 is 0 Å². The van der Waals surface area contributed by atoms with Crippen LogP contribution in [0.3, 0.4) is 0 Å². The Morgan fingerprint density at radius 3 is 2.75 bits per heavy atom. The van der Waals surface area contributed by atoms with E-state index < -0.39 is 11.6 Å². The molecule has 0 saturated carbocycles. The maximum atomic E-state index is 13.2. The second-order valence-electron chi connectivity index (χ2n) is 3.62. The fourth-order valence-corrected chi connectivity index (χ4v) is 1.28. The van der Waals surface area contributed by atoms with Gasteiger partial charge >= 0.3 is 0 Å². The van der Waals surface area contributed by atoms with E-state index in [0.29, 0.717) is 12.0 Å². The molecular weight excluding hydrogens is 212 g/mol. The number of hydrogen-bond acceptors (Lipinski definition) is 1. The van der Waals surface area contributed by atoms with Crippen molar-refractivity contribution in [3.8, 4) is 0 Å². The van der Waals surface area contributed by atoms with Crippen LogP contribution in [0.5, 0.6) is 0 Å². The van der Waals surface area contributed by atoms with Crippen LogP contribution >= 0.6 is 0 Å². The summed E-state index contributed by atoms with van der Waals surface area (Å²) in [4.78, 5) is 11.2. The molecule has 1 rings (SSSR count). The van der Waals surface area contributed by atoms with Crippen LogP contribution in [0.25, 0.3) is 0 Å². The lowest BCUT2D eigenvalue weighted by molar-refractivity contribution is -0.121. The van der Waals surface area contributed by atoms with E-state index in [1.54, 1.807) is 0 Å². The number of amides is 1. The molecule has 0 heterocycles. The Balaban J connectivity index is 2.45. The molecule has 0 spiro atoms. The summed E-state index contributed by atoms with van der Waals surface area (Å²) in [5, 5.41) is 2.59. The molecule has 1 N–H and O–H groups in total. The Morgan fingerprint density at radius 1 is 1.38 bits per heavy atom. The summed E-state index contributed by atoms with van der Waals surface area (Å²) < 4.78 is 25.7. The largest absolute Gasteiger partial charge is 0.352 e. The van der Waals surface area contributed by atoms with Crippen LogP contribution in [0.2, 0.25) is 0 Å². The summed E-state index contributed by atoms with van der Waals surface area (Å²) >= 11 is 0. The fraction of sp³-hybridized carbons (Fsp3) is 0.417. The zero-order valence-electron chi connectivity index (χ0n) is 9.22. The van der Waals surface area contributed by atoms with Gasteiger partial charge in [0.15, 0.2) is 0 Å². The van der Waals surface area contributed by atoms with E-state index in [0.717, 1.165) is 18.9 Å². The summed E-state index contributed by atoms with van der Waals surface area (Å²) in [5.74, 6) is -1.35. The van der Waals surface area contributed by atoms with Crippen LogP contribution in [0.15, 0.2) is 18.2 Å². The molecule has 0 aliphatic carbocycles. The average Bonchev–Trinajstić information content (AvgIpc) is 2.25. The first-order valence-electron chi connectivity index (χ1n) is 5.34. The van der Waals surface area contributed by atoms with E-state index in [1.807, 2.05) is 6.92 Å². The van der Waals surface area contributed by atoms with E-state index in [1.165, 1.54) is 12.1 Å². The lowest BCUT2D eigenvalue weighted by Crippen LogP contribution is -2.22. The van der Waals surface area contributed by atoms with Gasteiger partial charge in [-0.2, -0.15) is 0 Å². The second kappa shape index (κ2) is 6.20. The zero-order valence-corrected chi connectivity index (χ0v) is 9.22. The fourth-order valence-electron chi connectivity index (χ4n) is 1.28. The molecule has 0 atom stereocenters. The molecule has 16 heavy (non-hydrogen) atoms. The first-order chi connectivity index (χ1) is 7.63. The number of carbonyl (C=O) groups is 1. The van der Waals surface area contributed by atoms with Crippen LogP contribution in [0.4, 0.5) is 8.78 Å². The van der Waals surface area contributed by atoms with E-state index in [-0.39, 0.29) is 12.5 Å². The van der Waals surface area contributed by atoms with Crippen molar-refractivity contribution < 1.29 is 13.6 Å². The Labute approximate surface area is 93.7 Å². The minimum atomic E-state index is -0.629. The Kier molecular flexibility index (Phi) is 4.89. The molecule has 0 aliphatic heterocycles. The lowest BCUT2D eigenvalue weighted by atomic mass is 10.2. The van der Waals surface area contributed by atoms with Gasteiger partial charge < -0.3 is 5.32 Å². The van der Waals surface area contributed by atoms with Crippen molar-refractivity contribution in [3.05, 3.63) is 35.4 Å². The van der Waals surface area contributed by atoms with Crippen LogP contribution in [-0.4, -0.2) is 5.91 Å². The van der Waals surface area contributed by atoms with E-state index in [4.69, 9.17) is 0 Å². The second-order valence-corrected chi connectivity index (χ2v) is 3.62. The molecule has 0 aromatic heterocycles. The highest BCUT2D eigenvalue weighted by atomic mass is 19.1. The van der Waals surface area contributed by atoms with Crippen molar-refractivity contribution in [2.75, 3.05) is 0 Å². The molecule has 0 radical (unpaired) electrons. The predicted molar refractivity (Wildman–Crippen MR) is 57.7 cm³/mol. The topological polar surface area (TPSA) is 29.1 Å². The van der Waals surface area contributed by atoms with Crippen LogP contribution in [0, 0.1) is 11.6 Å². The normalized spacial score (nSPS) is 10.2. The summed E-state index contributed by atoms with van der Waals surface area (Å²) in [7, 11) is 0. The third kappa shape index (κ3) is 3.96. The highest BCUT2D eigenvalue weighted by molar-refractivity contribution is 5.75. The van der Waals surface area contributed by atoms with Crippen molar-refractivity contribution in [2.24, 2.45) is 0 Å². The monoisotopic (exact) mass is 227 g/mol. The van der Waals surface area contributed by atoms with Crippen LogP contribution in [0.1, 0.15) is 31.7 Å². The molecule has 1 aromatic carbocycles. The van der Waals surface area contributed by atoms with Gasteiger partial charge in [-0.1, -0.05) is 19.4 Å². The van der Waals surface area contributed by atoms with Gasteiger partial charge in [-0.3, -0.25) is 4.79 Å². The molecule has 0 unspecified atom stereocenters. The van der Waals surface area contributed by atoms with E-state index in [2.05, 4.69) is 5.32 Å². The van der Waals surface area contributed by atoms with Gasteiger partial charge in [0.2, 0.25) is 5.91 Å².